The third-order valence-electron chi connectivity index (χ3n) is 7.20. The van der Waals surface area contributed by atoms with Crippen LogP contribution >= 0.6 is 0 Å². The van der Waals surface area contributed by atoms with Crippen molar-refractivity contribution in [3.05, 3.63) is 83.8 Å². The van der Waals surface area contributed by atoms with Crippen molar-refractivity contribution in [3.63, 3.8) is 0 Å². The molecular formula is C35H45N7O8S. The fourth-order valence-corrected chi connectivity index (χ4v) is 4.72. The molecular weight excluding hydrogens is 678 g/mol. The van der Waals surface area contributed by atoms with Gasteiger partial charge in [0.1, 0.15) is 11.6 Å². The summed E-state index contributed by atoms with van der Waals surface area (Å²) in [5.74, 6) is 0.575. The second kappa shape index (κ2) is 20.4. The number of carbonyl (C=O) groups excluding carboxylic acids is 3. The van der Waals surface area contributed by atoms with Crippen molar-refractivity contribution in [1.82, 2.24) is 20.0 Å². The van der Waals surface area contributed by atoms with Crippen LogP contribution in [0.25, 0.3) is 11.0 Å². The molecule has 0 saturated carbocycles. The van der Waals surface area contributed by atoms with Gasteiger partial charge in [-0.2, -0.15) is 13.5 Å². The van der Waals surface area contributed by atoms with Crippen LogP contribution in [0.3, 0.4) is 0 Å². The van der Waals surface area contributed by atoms with E-state index in [0.717, 1.165) is 48.3 Å². The molecule has 4 aromatic rings. The highest BCUT2D eigenvalue weighted by molar-refractivity contribution is 7.85. The number of amides is 2. The minimum absolute atomic E-state index is 0.0519. The number of imidazole rings is 1. The Kier molecular flexibility index (Phi) is 16.0. The van der Waals surface area contributed by atoms with Gasteiger partial charge in [0.2, 0.25) is 0 Å². The lowest BCUT2D eigenvalue weighted by Crippen LogP contribution is -2.34. The van der Waals surface area contributed by atoms with Gasteiger partial charge >= 0.3 is 12.1 Å². The Labute approximate surface area is 297 Å². The third-order valence-corrected chi connectivity index (χ3v) is 7.20. The van der Waals surface area contributed by atoms with E-state index in [1.54, 1.807) is 49.7 Å². The lowest BCUT2D eigenvalue weighted by atomic mass is 10.1. The Bertz CT molecular complexity index is 1860. The predicted octanol–water partition coefficient (Wildman–Crippen LogP) is 5.32. The molecule has 3 N–H and O–H groups in total. The summed E-state index contributed by atoms with van der Waals surface area (Å²) in [5, 5.41) is 7.33. The molecule has 0 aliphatic rings. The molecule has 0 atom stereocenters. The zero-order valence-electron chi connectivity index (χ0n) is 29.2. The number of aromatic nitrogens is 3. The van der Waals surface area contributed by atoms with Crippen LogP contribution in [0.1, 0.15) is 67.7 Å². The van der Waals surface area contributed by atoms with Gasteiger partial charge in [-0.25, -0.2) is 20.2 Å². The highest BCUT2D eigenvalue weighted by atomic mass is 32.2. The summed E-state index contributed by atoms with van der Waals surface area (Å²) in [5.41, 5.74) is 6.07. The summed E-state index contributed by atoms with van der Waals surface area (Å²) in [4.78, 5) is 48.0. The molecule has 0 aliphatic heterocycles. The van der Waals surface area contributed by atoms with Gasteiger partial charge in [0.25, 0.3) is 16.0 Å². The van der Waals surface area contributed by atoms with E-state index in [4.69, 9.17) is 19.0 Å². The Balaban J connectivity index is 0.00000131. The number of hydrazone groups is 1. The van der Waals surface area contributed by atoms with E-state index < -0.39 is 16.2 Å². The fourth-order valence-electron chi connectivity index (χ4n) is 4.72. The van der Waals surface area contributed by atoms with Crippen LogP contribution in [0.4, 0.5) is 16.3 Å². The van der Waals surface area contributed by atoms with E-state index >= 15 is 0 Å². The molecule has 0 aliphatic carbocycles. The summed E-state index contributed by atoms with van der Waals surface area (Å²) in [7, 11) is -1.74. The van der Waals surface area contributed by atoms with E-state index in [-0.39, 0.29) is 31.4 Å². The van der Waals surface area contributed by atoms with Gasteiger partial charge in [0, 0.05) is 31.0 Å². The number of hydrogen-bond donors (Lipinski definition) is 3. The van der Waals surface area contributed by atoms with Crippen LogP contribution < -0.4 is 15.6 Å². The molecule has 0 saturated heterocycles. The number of nitrogens with zero attached hydrogens (tertiary/aromatic N) is 5. The molecule has 2 amide bonds. The second-order valence-electron chi connectivity index (χ2n) is 11.3. The largest absolute Gasteiger partial charge is 0.466 e. The van der Waals surface area contributed by atoms with Crippen molar-refractivity contribution < 1.29 is 36.8 Å². The van der Waals surface area contributed by atoms with E-state index in [9.17, 15) is 22.8 Å². The van der Waals surface area contributed by atoms with Crippen LogP contribution in [-0.2, 0) is 38.0 Å². The number of esters is 1. The van der Waals surface area contributed by atoms with E-state index in [1.807, 2.05) is 41.9 Å². The topological polar surface area (TPSA) is 194 Å². The van der Waals surface area contributed by atoms with E-state index in [0.29, 0.717) is 36.3 Å². The van der Waals surface area contributed by atoms with Crippen LogP contribution in [0.2, 0.25) is 0 Å². The molecule has 0 fully saturated rings. The number of benzene rings is 2. The molecule has 0 spiro atoms. The standard InChI is InChI=1S/C34H41N7O5.CH4O3S/c1-4-6-7-10-21-46-34(44)39-37-23-25-12-15-27(16-13-25)36-24-31-38-28-22-26(14-17-29(28)40(31)3)33(43)41(20-18-32(42)45-5-2)30-11-8-9-19-35-30;1-5(2,3)4/h8-9,11-17,19,22-23,36H,4-7,10,18,20-21,24H2,1-3H3,(H,39,44);1H3,(H,2,3,4)/b37-23+;. The summed E-state index contributed by atoms with van der Waals surface area (Å²) in [6.45, 7) is 5.13. The first-order chi connectivity index (χ1) is 24.4. The summed E-state index contributed by atoms with van der Waals surface area (Å²) < 4.78 is 38.0. The van der Waals surface area contributed by atoms with Crippen molar-refractivity contribution in [1.29, 1.82) is 0 Å². The minimum Gasteiger partial charge on any atom is -0.466 e. The molecule has 0 radical (unpaired) electrons. The molecule has 4 rings (SSSR count). The zero-order chi connectivity index (χ0) is 37.2. The quantitative estimate of drug-likeness (QED) is 0.0445. The van der Waals surface area contributed by atoms with Crippen LogP contribution in [0.15, 0.2) is 72.0 Å². The maximum absolute atomic E-state index is 13.6. The molecule has 2 heterocycles. The highest BCUT2D eigenvalue weighted by Gasteiger charge is 2.21. The van der Waals surface area contributed by atoms with Crippen molar-refractivity contribution in [2.75, 3.05) is 36.2 Å². The number of carbonyl (C=O) groups is 3. The monoisotopic (exact) mass is 723 g/mol. The van der Waals surface area contributed by atoms with Crippen LogP contribution in [-0.4, -0.2) is 77.7 Å². The average Bonchev–Trinajstić information content (AvgIpc) is 3.41. The van der Waals surface area contributed by atoms with Gasteiger partial charge in [-0.15, -0.1) is 0 Å². The zero-order valence-corrected chi connectivity index (χ0v) is 30.1. The number of unbranched alkanes of at least 4 members (excludes halogenated alkanes) is 3. The molecule has 0 unspecified atom stereocenters. The van der Waals surface area contributed by atoms with Gasteiger partial charge in [-0.1, -0.05) is 44.4 Å². The molecule has 0 bridgehead atoms. The van der Waals surface area contributed by atoms with Gasteiger partial charge < -0.3 is 19.4 Å². The van der Waals surface area contributed by atoms with Gasteiger partial charge in [0.05, 0.1) is 49.7 Å². The van der Waals surface area contributed by atoms with Crippen molar-refractivity contribution >= 4 is 56.8 Å². The molecule has 15 nitrogen and oxygen atoms in total. The molecule has 274 valence electrons. The first kappa shape index (κ1) is 40.1. The number of hydrogen-bond acceptors (Lipinski definition) is 11. The van der Waals surface area contributed by atoms with Crippen molar-refractivity contribution in [2.45, 2.75) is 52.5 Å². The number of pyridine rings is 1. The van der Waals surface area contributed by atoms with E-state index in [2.05, 4.69) is 27.8 Å². The fraction of sp³-hybridized carbons (Fsp3) is 0.371. The highest BCUT2D eigenvalue weighted by Crippen LogP contribution is 2.21. The Morgan fingerprint density at radius 2 is 1.76 bits per heavy atom. The Morgan fingerprint density at radius 1 is 1.02 bits per heavy atom. The summed E-state index contributed by atoms with van der Waals surface area (Å²) in [6, 6.07) is 18.3. The van der Waals surface area contributed by atoms with Gasteiger partial charge in [-0.3, -0.25) is 19.0 Å². The smallest absolute Gasteiger partial charge is 0.427 e. The second-order valence-corrected chi connectivity index (χ2v) is 12.7. The maximum Gasteiger partial charge on any atom is 0.427 e. The molecule has 16 heteroatoms. The van der Waals surface area contributed by atoms with E-state index in [1.165, 1.54) is 4.90 Å². The lowest BCUT2D eigenvalue weighted by Gasteiger charge is -2.21. The third kappa shape index (κ3) is 14.2. The Morgan fingerprint density at radius 3 is 2.43 bits per heavy atom. The minimum atomic E-state index is -3.67. The van der Waals surface area contributed by atoms with Gasteiger partial charge in [-0.05, 0) is 61.4 Å². The normalized spacial score (nSPS) is 11.1. The molecule has 2 aromatic carbocycles. The molecule has 51 heavy (non-hydrogen) atoms. The number of rotatable bonds is 16. The lowest BCUT2D eigenvalue weighted by molar-refractivity contribution is -0.142. The number of nitrogens with one attached hydrogen (secondary N) is 2. The van der Waals surface area contributed by atoms with Crippen molar-refractivity contribution in [3.8, 4) is 0 Å². The first-order valence-corrected chi connectivity index (χ1v) is 18.3. The average molecular weight is 724 g/mol. The summed E-state index contributed by atoms with van der Waals surface area (Å²) in [6.07, 6.45) is 7.51. The van der Waals surface area contributed by atoms with Gasteiger partial charge in [0.15, 0.2) is 0 Å². The van der Waals surface area contributed by atoms with Crippen LogP contribution in [0, 0.1) is 0 Å². The maximum atomic E-state index is 13.6. The van der Waals surface area contributed by atoms with Crippen LogP contribution in [0.5, 0.6) is 0 Å². The number of fused-ring (bicyclic) bond motifs is 1. The number of aryl methyl sites for hydroxylation is 1. The summed E-state index contributed by atoms with van der Waals surface area (Å²) >= 11 is 0. The Hall–Kier alpha value is -5.35. The first-order valence-electron chi connectivity index (χ1n) is 16.5. The SMILES string of the molecule is CCCCCCOC(=O)N/N=C/c1ccc(NCc2nc3cc(C(=O)N(CCC(=O)OCC)c4ccccn4)ccc3n2C)cc1.CS(=O)(=O)O. The van der Waals surface area contributed by atoms with Crippen molar-refractivity contribution in [2.24, 2.45) is 12.1 Å². The predicted molar refractivity (Wildman–Crippen MR) is 195 cm³/mol. The molecule has 2 aromatic heterocycles. The number of anilines is 2. The number of ether oxygens (including phenoxy) is 2.